The number of rotatable bonds is 5. The molecule has 10 heteroatoms. The summed E-state index contributed by atoms with van der Waals surface area (Å²) < 4.78 is 1.37. The fraction of sp³-hybridized carbons (Fsp3) is 0.333. The monoisotopic (exact) mass is 382 g/mol. The molecule has 0 amide bonds. The van der Waals surface area contributed by atoms with E-state index in [4.69, 9.17) is 5.73 Å². The van der Waals surface area contributed by atoms with Crippen molar-refractivity contribution in [1.29, 1.82) is 0 Å². The second-order valence-electron chi connectivity index (χ2n) is 6.74. The van der Waals surface area contributed by atoms with Crippen LogP contribution in [0, 0.1) is 5.92 Å². The molecule has 2 aromatic heterocycles. The first kappa shape index (κ1) is 18.0. The Hall–Kier alpha value is -3.40. The van der Waals surface area contributed by atoms with E-state index in [0.29, 0.717) is 23.5 Å². The van der Waals surface area contributed by atoms with Crippen molar-refractivity contribution >= 4 is 23.4 Å². The number of aromatic amines is 1. The molecule has 3 heterocycles. The van der Waals surface area contributed by atoms with E-state index in [-0.39, 0.29) is 12.6 Å². The van der Waals surface area contributed by atoms with Crippen LogP contribution >= 0.6 is 0 Å². The molecule has 1 fully saturated rings. The topological polar surface area (TPSA) is 138 Å². The predicted octanol–water partition coefficient (Wildman–Crippen LogP) is 0.885. The van der Waals surface area contributed by atoms with E-state index in [1.54, 1.807) is 6.07 Å². The predicted molar refractivity (Wildman–Crippen MR) is 106 cm³/mol. The standard InChI is InChI=1S/C18H22N8O2/c19-16-23-17(20-13-4-2-1-3-5-13)24-26(16)15-10-14(21-18(28)22-15)25-8-6-12(11-27)7-9-25/h1-5,10,12,27H,6-9,11H2,(H,21,22,28)(H3,19,20,23,24). The molecule has 0 aliphatic carbocycles. The number of anilines is 4. The lowest BCUT2D eigenvalue weighted by Gasteiger charge is -2.31. The van der Waals surface area contributed by atoms with Crippen LogP contribution < -0.4 is 21.6 Å². The first-order valence-corrected chi connectivity index (χ1v) is 9.14. The van der Waals surface area contributed by atoms with Gasteiger partial charge in [0.1, 0.15) is 11.6 Å². The van der Waals surface area contributed by atoms with Crippen LogP contribution in [0.1, 0.15) is 12.8 Å². The highest BCUT2D eigenvalue weighted by atomic mass is 16.3. The van der Waals surface area contributed by atoms with Crippen molar-refractivity contribution in [2.75, 3.05) is 35.6 Å². The zero-order valence-electron chi connectivity index (χ0n) is 15.2. The fourth-order valence-electron chi connectivity index (χ4n) is 3.26. The van der Waals surface area contributed by atoms with Gasteiger partial charge in [-0.15, -0.1) is 5.10 Å². The van der Waals surface area contributed by atoms with Crippen LogP contribution in [0.4, 0.5) is 23.4 Å². The lowest BCUT2D eigenvalue weighted by Crippen LogP contribution is -2.36. The Morgan fingerprint density at radius 1 is 1.21 bits per heavy atom. The maximum atomic E-state index is 12.1. The molecule has 0 radical (unpaired) electrons. The summed E-state index contributed by atoms with van der Waals surface area (Å²) in [6.07, 6.45) is 1.72. The van der Waals surface area contributed by atoms with Crippen molar-refractivity contribution in [3.63, 3.8) is 0 Å². The number of aromatic nitrogens is 5. The maximum Gasteiger partial charge on any atom is 0.348 e. The second kappa shape index (κ2) is 7.69. The molecule has 0 unspecified atom stereocenters. The van der Waals surface area contributed by atoms with Crippen molar-refractivity contribution in [3.05, 3.63) is 46.9 Å². The van der Waals surface area contributed by atoms with E-state index in [1.165, 1.54) is 4.68 Å². The van der Waals surface area contributed by atoms with Gasteiger partial charge >= 0.3 is 5.69 Å². The summed E-state index contributed by atoms with van der Waals surface area (Å²) in [5, 5.41) is 16.7. The van der Waals surface area contributed by atoms with Crippen LogP contribution in [0.25, 0.3) is 5.82 Å². The molecule has 0 bridgehead atoms. The molecule has 1 aliphatic heterocycles. The number of hydrogen-bond acceptors (Lipinski definition) is 8. The van der Waals surface area contributed by atoms with Crippen LogP contribution in [-0.2, 0) is 0 Å². The van der Waals surface area contributed by atoms with E-state index < -0.39 is 5.69 Å². The number of nitrogens with one attached hydrogen (secondary N) is 2. The quantitative estimate of drug-likeness (QED) is 0.510. The van der Waals surface area contributed by atoms with Crippen molar-refractivity contribution in [2.45, 2.75) is 12.8 Å². The van der Waals surface area contributed by atoms with Crippen LogP contribution in [0.15, 0.2) is 41.2 Å². The lowest BCUT2D eigenvalue weighted by molar-refractivity contribution is 0.202. The summed E-state index contributed by atoms with van der Waals surface area (Å²) in [6, 6.07) is 11.2. The molecular weight excluding hydrogens is 360 g/mol. The van der Waals surface area contributed by atoms with Gasteiger partial charge in [0.05, 0.1) is 0 Å². The van der Waals surface area contributed by atoms with Gasteiger partial charge in [-0.1, -0.05) is 18.2 Å². The van der Waals surface area contributed by atoms with E-state index in [9.17, 15) is 9.90 Å². The minimum atomic E-state index is -0.482. The Bertz CT molecular complexity index is 992. The number of aliphatic hydroxyl groups is 1. The van der Waals surface area contributed by atoms with Gasteiger partial charge in [0.25, 0.3) is 0 Å². The summed E-state index contributed by atoms with van der Waals surface area (Å²) in [4.78, 5) is 25.1. The molecule has 0 spiro atoms. The highest BCUT2D eigenvalue weighted by molar-refractivity contribution is 5.54. The molecule has 146 valence electrons. The molecule has 5 N–H and O–H groups in total. The molecule has 1 aromatic carbocycles. The lowest BCUT2D eigenvalue weighted by atomic mass is 9.98. The van der Waals surface area contributed by atoms with Gasteiger partial charge in [-0.05, 0) is 30.9 Å². The van der Waals surface area contributed by atoms with Gasteiger partial charge in [-0.2, -0.15) is 14.6 Å². The molecular formula is C18H22N8O2. The molecule has 28 heavy (non-hydrogen) atoms. The maximum absolute atomic E-state index is 12.1. The third-order valence-electron chi connectivity index (χ3n) is 4.80. The Labute approximate surface area is 161 Å². The molecule has 4 rings (SSSR count). The number of H-pyrrole nitrogens is 1. The van der Waals surface area contributed by atoms with Crippen molar-refractivity contribution in [1.82, 2.24) is 24.7 Å². The summed E-state index contributed by atoms with van der Waals surface area (Å²) in [5.41, 5.74) is 6.35. The Kier molecular flexibility index (Phi) is 4.94. The van der Waals surface area contributed by atoms with E-state index in [2.05, 4.69) is 25.4 Å². The van der Waals surface area contributed by atoms with Crippen molar-refractivity contribution in [3.8, 4) is 5.82 Å². The average Bonchev–Trinajstić information content (AvgIpc) is 3.08. The number of aliphatic hydroxyl groups excluding tert-OH is 1. The largest absolute Gasteiger partial charge is 0.396 e. The minimum absolute atomic E-state index is 0.144. The van der Waals surface area contributed by atoms with Crippen molar-refractivity contribution in [2.24, 2.45) is 5.92 Å². The van der Waals surface area contributed by atoms with E-state index >= 15 is 0 Å². The average molecular weight is 382 g/mol. The zero-order valence-corrected chi connectivity index (χ0v) is 15.2. The molecule has 3 aromatic rings. The smallest absolute Gasteiger partial charge is 0.348 e. The van der Waals surface area contributed by atoms with Crippen LogP contribution in [-0.4, -0.2) is 49.5 Å². The molecule has 1 aliphatic rings. The van der Waals surface area contributed by atoms with Crippen molar-refractivity contribution < 1.29 is 5.11 Å². The second-order valence-corrected chi connectivity index (χ2v) is 6.74. The van der Waals surface area contributed by atoms with Gasteiger partial charge in [0.2, 0.25) is 11.9 Å². The van der Waals surface area contributed by atoms with Gasteiger partial charge in [-0.3, -0.25) is 4.98 Å². The minimum Gasteiger partial charge on any atom is -0.396 e. The Morgan fingerprint density at radius 2 is 1.96 bits per heavy atom. The van der Waals surface area contributed by atoms with Gasteiger partial charge in [-0.25, -0.2) is 4.79 Å². The summed E-state index contributed by atoms with van der Waals surface area (Å²) in [7, 11) is 0. The van der Waals surface area contributed by atoms with Gasteiger partial charge < -0.3 is 21.1 Å². The number of nitrogens with two attached hydrogens (primary N) is 1. The Morgan fingerprint density at radius 3 is 2.68 bits per heavy atom. The zero-order chi connectivity index (χ0) is 19.5. The third-order valence-corrected chi connectivity index (χ3v) is 4.80. The molecule has 0 saturated carbocycles. The summed E-state index contributed by atoms with van der Waals surface area (Å²) >= 11 is 0. The first-order valence-electron chi connectivity index (χ1n) is 9.14. The number of nitrogen functional groups attached to an aromatic ring is 1. The van der Waals surface area contributed by atoms with E-state index in [1.807, 2.05) is 35.2 Å². The molecule has 1 saturated heterocycles. The fourth-order valence-corrected chi connectivity index (χ4v) is 3.26. The number of benzene rings is 1. The Balaban J connectivity index is 1.59. The third kappa shape index (κ3) is 3.81. The number of nitrogens with zero attached hydrogens (tertiary/aromatic N) is 5. The van der Waals surface area contributed by atoms with Gasteiger partial charge in [0, 0.05) is 31.5 Å². The first-order chi connectivity index (χ1) is 13.6. The number of piperidine rings is 1. The SMILES string of the molecule is Nc1nc(Nc2ccccc2)nn1-c1cc(N2CCC(CO)CC2)nc(=O)[nH]1. The van der Waals surface area contributed by atoms with Crippen LogP contribution in [0.5, 0.6) is 0 Å². The summed E-state index contributed by atoms with van der Waals surface area (Å²) in [5.74, 6) is 1.72. The van der Waals surface area contributed by atoms with Crippen LogP contribution in [0.3, 0.4) is 0 Å². The molecule has 0 atom stereocenters. The van der Waals surface area contributed by atoms with E-state index in [0.717, 1.165) is 31.6 Å². The molecule has 10 nitrogen and oxygen atoms in total. The normalized spacial score (nSPS) is 15.0. The summed E-state index contributed by atoms with van der Waals surface area (Å²) in [6.45, 7) is 1.65. The number of para-hydroxylation sites is 1. The van der Waals surface area contributed by atoms with Gasteiger partial charge in [0.15, 0.2) is 0 Å². The highest BCUT2D eigenvalue weighted by Crippen LogP contribution is 2.22. The van der Waals surface area contributed by atoms with Crippen LogP contribution in [0.2, 0.25) is 0 Å². The number of hydrogen-bond donors (Lipinski definition) is 4. The highest BCUT2D eigenvalue weighted by Gasteiger charge is 2.21.